The first kappa shape index (κ1) is 7.84. The Labute approximate surface area is 70.6 Å². The van der Waals surface area contributed by atoms with Crippen molar-refractivity contribution < 1.29 is 8.78 Å². The van der Waals surface area contributed by atoms with Gasteiger partial charge in [0.1, 0.15) is 5.69 Å². The molecule has 1 heterocycles. The van der Waals surface area contributed by atoms with Gasteiger partial charge in [0.25, 0.3) is 0 Å². The average molecular weight is 255 g/mol. The van der Waals surface area contributed by atoms with Crippen LogP contribution in [-0.2, 0) is 3.93 Å². The van der Waals surface area contributed by atoms with Gasteiger partial charge < -0.3 is 0 Å². The van der Waals surface area contributed by atoms with E-state index in [1.54, 1.807) is 6.07 Å². The Morgan fingerprint density at radius 1 is 1.40 bits per heavy atom. The van der Waals surface area contributed by atoms with Crippen LogP contribution in [-0.4, -0.2) is 4.98 Å². The number of hydrogen-bond donors (Lipinski definition) is 0. The van der Waals surface area contributed by atoms with E-state index in [2.05, 4.69) is 4.98 Å². The SMILES string of the molecule is FC(F)(I)c1ccccn1. The van der Waals surface area contributed by atoms with Crippen molar-refractivity contribution in [1.29, 1.82) is 0 Å². The lowest BCUT2D eigenvalue weighted by molar-refractivity contribution is 0.122. The van der Waals surface area contributed by atoms with Crippen LogP contribution in [0.3, 0.4) is 0 Å². The molecule has 1 rings (SSSR count). The first-order valence-corrected chi connectivity index (χ1v) is 3.67. The molecule has 1 aromatic rings. The van der Waals surface area contributed by atoms with Gasteiger partial charge in [-0.3, -0.25) is 4.98 Å². The lowest BCUT2D eigenvalue weighted by Crippen LogP contribution is -2.03. The van der Waals surface area contributed by atoms with Gasteiger partial charge in [0.15, 0.2) is 0 Å². The summed E-state index contributed by atoms with van der Waals surface area (Å²) < 4.78 is 21.9. The summed E-state index contributed by atoms with van der Waals surface area (Å²) in [5.74, 6) is 0. The van der Waals surface area contributed by atoms with Gasteiger partial charge in [-0.05, 0) is 12.1 Å². The van der Waals surface area contributed by atoms with Crippen molar-refractivity contribution in [2.75, 3.05) is 0 Å². The van der Waals surface area contributed by atoms with Gasteiger partial charge in [0.05, 0.1) is 0 Å². The second-order valence-corrected chi connectivity index (χ2v) is 3.07. The van der Waals surface area contributed by atoms with Crippen LogP contribution < -0.4 is 0 Å². The van der Waals surface area contributed by atoms with E-state index in [1.165, 1.54) is 18.3 Å². The summed E-state index contributed by atoms with van der Waals surface area (Å²) in [4.78, 5) is 3.49. The highest BCUT2D eigenvalue weighted by Gasteiger charge is 2.27. The number of alkyl halides is 3. The fourth-order valence-electron chi connectivity index (χ4n) is 0.530. The van der Waals surface area contributed by atoms with E-state index < -0.39 is 3.93 Å². The monoisotopic (exact) mass is 255 g/mol. The fourth-order valence-corrected chi connectivity index (χ4v) is 0.849. The second-order valence-electron chi connectivity index (χ2n) is 1.71. The molecule has 0 saturated heterocycles. The summed E-state index contributed by atoms with van der Waals surface area (Å²) in [6.07, 6.45) is 1.35. The Bertz CT molecular complexity index is 207. The number of hydrogen-bond acceptors (Lipinski definition) is 1. The van der Waals surface area contributed by atoms with Crippen molar-refractivity contribution in [3.63, 3.8) is 0 Å². The first-order valence-electron chi connectivity index (χ1n) is 2.59. The quantitative estimate of drug-likeness (QED) is 0.555. The topological polar surface area (TPSA) is 12.9 Å². The fraction of sp³-hybridized carbons (Fsp3) is 0.167. The van der Waals surface area contributed by atoms with Crippen LogP contribution >= 0.6 is 22.6 Å². The molecule has 0 fully saturated rings. The predicted octanol–water partition coefficient (Wildman–Crippen LogP) is 2.57. The molecule has 0 spiro atoms. The van der Waals surface area contributed by atoms with Crippen LogP contribution in [0.1, 0.15) is 5.69 Å². The van der Waals surface area contributed by atoms with Crippen molar-refractivity contribution in [2.45, 2.75) is 3.93 Å². The molecule has 0 N–H and O–H groups in total. The first-order chi connectivity index (χ1) is 4.61. The van der Waals surface area contributed by atoms with Crippen LogP contribution in [0, 0.1) is 0 Å². The van der Waals surface area contributed by atoms with Crippen LogP contribution in [0.5, 0.6) is 0 Å². The minimum Gasteiger partial charge on any atom is -0.254 e. The molecule has 0 aliphatic carbocycles. The number of halogens is 3. The molecule has 10 heavy (non-hydrogen) atoms. The minimum absolute atomic E-state index is 0.199. The molecule has 1 aromatic heterocycles. The maximum atomic E-state index is 12.4. The highest BCUT2D eigenvalue weighted by molar-refractivity contribution is 14.1. The normalized spacial score (nSPS) is 11.5. The molecule has 1 nitrogen and oxygen atoms in total. The third-order valence-electron chi connectivity index (χ3n) is 0.955. The largest absolute Gasteiger partial charge is 0.337 e. The average Bonchev–Trinajstić information content (AvgIpc) is 1.88. The molecule has 4 heteroatoms. The Morgan fingerprint density at radius 2 is 2.10 bits per heavy atom. The predicted molar refractivity (Wildman–Crippen MR) is 42.2 cm³/mol. The van der Waals surface area contributed by atoms with Gasteiger partial charge in [-0.25, -0.2) is 0 Å². The van der Waals surface area contributed by atoms with Crippen LogP contribution in [0.25, 0.3) is 0 Å². The van der Waals surface area contributed by atoms with Crippen LogP contribution in [0.4, 0.5) is 8.78 Å². The molecule has 0 unspecified atom stereocenters. The molecule has 0 atom stereocenters. The molecular weight excluding hydrogens is 251 g/mol. The minimum atomic E-state index is -2.85. The number of pyridine rings is 1. The van der Waals surface area contributed by atoms with Crippen molar-refractivity contribution >= 4 is 22.6 Å². The molecular formula is C6H4F2IN. The van der Waals surface area contributed by atoms with E-state index in [9.17, 15) is 8.78 Å². The van der Waals surface area contributed by atoms with E-state index in [0.717, 1.165) is 22.6 Å². The van der Waals surface area contributed by atoms with Crippen molar-refractivity contribution in [3.05, 3.63) is 30.1 Å². The molecule has 0 amide bonds. The molecule has 0 radical (unpaired) electrons. The van der Waals surface area contributed by atoms with E-state index in [-0.39, 0.29) is 5.69 Å². The number of aromatic nitrogens is 1. The maximum absolute atomic E-state index is 12.4. The number of rotatable bonds is 1. The van der Waals surface area contributed by atoms with E-state index in [1.807, 2.05) is 0 Å². The standard InChI is InChI=1S/C6H4F2IN/c7-6(8,9)5-3-1-2-4-10-5/h1-4H. The van der Waals surface area contributed by atoms with E-state index >= 15 is 0 Å². The lowest BCUT2D eigenvalue weighted by Gasteiger charge is -2.04. The summed E-state index contributed by atoms with van der Waals surface area (Å²) in [6, 6.07) is 4.44. The van der Waals surface area contributed by atoms with Crippen molar-refractivity contribution in [3.8, 4) is 0 Å². The van der Waals surface area contributed by atoms with Gasteiger partial charge in [-0.1, -0.05) is 6.07 Å². The van der Waals surface area contributed by atoms with Gasteiger partial charge in [0, 0.05) is 28.8 Å². The summed E-state index contributed by atoms with van der Waals surface area (Å²) in [7, 11) is 0. The highest BCUT2D eigenvalue weighted by atomic mass is 127. The van der Waals surface area contributed by atoms with Crippen molar-refractivity contribution in [1.82, 2.24) is 4.98 Å². The Hall–Kier alpha value is -0.260. The zero-order valence-corrected chi connectivity index (χ0v) is 7.05. The zero-order valence-electron chi connectivity index (χ0n) is 4.89. The Morgan fingerprint density at radius 3 is 2.40 bits per heavy atom. The summed E-state index contributed by atoms with van der Waals surface area (Å²) in [5, 5.41) is 0. The molecule has 0 saturated carbocycles. The summed E-state index contributed by atoms with van der Waals surface area (Å²) in [5.41, 5.74) is -0.199. The third-order valence-corrected chi connectivity index (χ3v) is 1.51. The smallest absolute Gasteiger partial charge is 0.254 e. The maximum Gasteiger partial charge on any atom is 0.337 e. The Balaban J connectivity index is 2.97. The molecule has 0 aromatic carbocycles. The summed E-state index contributed by atoms with van der Waals surface area (Å²) >= 11 is 1.05. The van der Waals surface area contributed by atoms with E-state index in [4.69, 9.17) is 0 Å². The van der Waals surface area contributed by atoms with Gasteiger partial charge in [0.2, 0.25) is 0 Å². The van der Waals surface area contributed by atoms with Gasteiger partial charge in [-0.15, -0.1) is 0 Å². The highest BCUT2D eigenvalue weighted by Crippen LogP contribution is 2.32. The van der Waals surface area contributed by atoms with Crippen molar-refractivity contribution in [2.24, 2.45) is 0 Å². The van der Waals surface area contributed by atoms with Crippen LogP contribution in [0.2, 0.25) is 0 Å². The molecule has 0 aliphatic rings. The lowest BCUT2D eigenvalue weighted by atomic mass is 10.4. The van der Waals surface area contributed by atoms with E-state index in [0.29, 0.717) is 0 Å². The summed E-state index contributed by atoms with van der Waals surface area (Å²) in [6.45, 7) is 0. The van der Waals surface area contributed by atoms with Gasteiger partial charge in [-0.2, -0.15) is 8.78 Å². The molecule has 54 valence electrons. The number of nitrogens with zero attached hydrogens (tertiary/aromatic N) is 1. The van der Waals surface area contributed by atoms with Crippen LogP contribution in [0.15, 0.2) is 24.4 Å². The molecule has 0 bridgehead atoms. The second kappa shape index (κ2) is 2.77. The molecule has 0 aliphatic heterocycles. The Kier molecular flexibility index (Phi) is 2.18. The zero-order chi connectivity index (χ0) is 7.61. The third kappa shape index (κ3) is 1.86. The van der Waals surface area contributed by atoms with Gasteiger partial charge >= 0.3 is 3.93 Å².